The molecule has 3 heteroatoms. The monoisotopic (exact) mass is 218 g/mol. The van der Waals surface area contributed by atoms with Crippen LogP contribution >= 0.6 is 0 Å². The SMILES string of the molecule is CCOC(=O)c1cccc2c(F)cccc12. The fraction of sp³-hybridized carbons (Fsp3) is 0.154. The van der Waals surface area contributed by atoms with Gasteiger partial charge >= 0.3 is 5.97 Å². The molecule has 0 heterocycles. The Morgan fingerprint density at radius 1 is 1.19 bits per heavy atom. The van der Waals surface area contributed by atoms with Gasteiger partial charge in [-0.3, -0.25) is 0 Å². The van der Waals surface area contributed by atoms with Gasteiger partial charge in [0, 0.05) is 5.39 Å². The summed E-state index contributed by atoms with van der Waals surface area (Å²) in [6.07, 6.45) is 0. The second kappa shape index (κ2) is 4.31. The minimum absolute atomic E-state index is 0.310. The Morgan fingerprint density at radius 3 is 2.62 bits per heavy atom. The molecule has 0 aliphatic carbocycles. The molecule has 2 aromatic rings. The van der Waals surface area contributed by atoms with E-state index in [0.717, 1.165) is 0 Å². The third-order valence-electron chi connectivity index (χ3n) is 2.36. The molecule has 82 valence electrons. The van der Waals surface area contributed by atoms with Crippen LogP contribution in [-0.4, -0.2) is 12.6 Å². The van der Waals surface area contributed by atoms with Crippen molar-refractivity contribution < 1.29 is 13.9 Å². The number of esters is 1. The van der Waals surface area contributed by atoms with E-state index in [-0.39, 0.29) is 5.82 Å². The third-order valence-corrected chi connectivity index (χ3v) is 2.36. The molecule has 0 radical (unpaired) electrons. The highest BCUT2D eigenvalue weighted by Gasteiger charge is 2.11. The molecule has 0 amide bonds. The summed E-state index contributed by atoms with van der Waals surface area (Å²) < 4.78 is 18.4. The molecular formula is C13H11FO2. The van der Waals surface area contributed by atoms with Crippen LogP contribution in [0.4, 0.5) is 4.39 Å². The van der Waals surface area contributed by atoms with Crippen LogP contribution in [0.15, 0.2) is 36.4 Å². The van der Waals surface area contributed by atoms with Crippen LogP contribution in [0.5, 0.6) is 0 Å². The lowest BCUT2D eigenvalue weighted by molar-refractivity contribution is 0.0528. The molecule has 2 nitrogen and oxygen atoms in total. The van der Waals surface area contributed by atoms with Crippen LogP contribution < -0.4 is 0 Å². The number of hydrogen-bond acceptors (Lipinski definition) is 2. The highest BCUT2D eigenvalue weighted by molar-refractivity contribution is 6.04. The van der Waals surface area contributed by atoms with Crippen molar-refractivity contribution in [2.24, 2.45) is 0 Å². The molecule has 0 aromatic heterocycles. The summed E-state index contributed by atoms with van der Waals surface area (Å²) >= 11 is 0. The van der Waals surface area contributed by atoms with Gasteiger partial charge in [-0.2, -0.15) is 0 Å². The van der Waals surface area contributed by atoms with Gasteiger partial charge in [-0.25, -0.2) is 9.18 Å². The van der Waals surface area contributed by atoms with Crippen LogP contribution in [0.3, 0.4) is 0 Å². The summed E-state index contributed by atoms with van der Waals surface area (Å²) in [4.78, 5) is 11.6. The standard InChI is InChI=1S/C13H11FO2/c1-2-16-13(15)11-7-3-6-10-9(11)5-4-8-12(10)14/h3-8H,2H2,1H3. The number of hydrogen-bond donors (Lipinski definition) is 0. The molecule has 0 spiro atoms. The molecule has 2 aromatic carbocycles. The van der Waals surface area contributed by atoms with Crippen molar-refractivity contribution in [2.45, 2.75) is 6.92 Å². The van der Waals surface area contributed by atoms with Crippen molar-refractivity contribution in [3.05, 3.63) is 47.8 Å². The van der Waals surface area contributed by atoms with E-state index < -0.39 is 5.97 Å². The Hall–Kier alpha value is -1.90. The minimum atomic E-state index is -0.418. The zero-order valence-corrected chi connectivity index (χ0v) is 8.87. The lowest BCUT2D eigenvalue weighted by atomic mass is 10.0. The van der Waals surface area contributed by atoms with Crippen LogP contribution in [0.2, 0.25) is 0 Å². The zero-order valence-electron chi connectivity index (χ0n) is 8.87. The predicted octanol–water partition coefficient (Wildman–Crippen LogP) is 3.16. The van der Waals surface area contributed by atoms with Gasteiger partial charge in [0.1, 0.15) is 5.82 Å². The number of fused-ring (bicyclic) bond motifs is 1. The van der Waals surface area contributed by atoms with Gasteiger partial charge < -0.3 is 4.74 Å². The van der Waals surface area contributed by atoms with Crippen molar-refractivity contribution in [3.63, 3.8) is 0 Å². The van der Waals surface area contributed by atoms with E-state index in [1.807, 2.05) is 0 Å². The van der Waals surface area contributed by atoms with E-state index >= 15 is 0 Å². The molecule has 0 N–H and O–H groups in total. The molecule has 0 aliphatic heterocycles. The van der Waals surface area contributed by atoms with E-state index in [1.54, 1.807) is 37.3 Å². The third kappa shape index (κ3) is 1.76. The lowest BCUT2D eigenvalue weighted by Crippen LogP contribution is -2.05. The van der Waals surface area contributed by atoms with Crippen LogP contribution in [-0.2, 0) is 4.74 Å². The topological polar surface area (TPSA) is 26.3 Å². The van der Waals surface area contributed by atoms with Crippen LogP contribution in [0.1, 0.15) is 17.3 Å². The number of ether oxygens (including phenoxy) is 1. The maximum Gasteiger partial charge on any atom is 0.338 e. The molecular weight excluding hydrogens is 207 g/mol. The van der Waals surface area contributed by atoms with Gasteiger partial charge in [-0.05, 0) is 24.4 Å². The van der Waals surface area contributed by atoms with Gasteiger partial charge in [0.25, 0.3) is 0 Å². The smallest absolute Gasteiger partial charge is 0.338 e. The Balaban J connectivity index is 2.62. The molecule has 0 saturated heterocycles. The van der Waals surface area contributed by atoms with Crippen molar-refractivity contribution in [2.75, 3.05) is 6.61 Å². The number of halogens is 1. The molecule has 0 aliphatic rings. The second-order valence-electron chi connectivity index (χ2n) is 3.36. The van der Waals surface area contributed by atoms with Gasteiger partial charge in [-0.15, -0.1) is 0 Å². The Kier molecular flexibility index (Phi) is 2.86. The van der Waals surface area contributed by atoms with E-state index in [9.17, 15) is 9.18 Å². The molecule has 0 atom stereocenters. The first-order valence-corrected chi connectivity index (χ1v) is 5.08. The number of carbonyl (C=O) groups is 1. The number of carbonyl (C=O) groups excluding carboxylic acids is 1. The summed E-state index contributed by atoms with van der Waals surface area (Å²) in [6.45, 7) is 2.05. The molecule has 16 heavy (non-hydrogen) atoms. The maximum atomic E-state index is 13.5. The van der Waals surface area contributed by atoms with Crippen molar-refractivity contribution in [1.29, 1.82) is 0 Å². The predicted molar refractivity (Wildman–Crippen MR) is 59.9 cm³/mol. The lowest BCUT2D eigenvalue weighted by Gasteiger charge is -2.06. The number of rotatable bonds is 2. The van der Waals surface area contributed by atoms with E-state index in [4.69, 9.17) is 4.74 Å². The van der Waals surface area contributed by atoms with E-state index in [1.165, 1.54) is 6.07 Å². The highest BCUT2D eigenvalue weighted by atomic mass is 19.1. The second-order valence-corrected chi connectivity index (χ2v) is 3.36. The largest absolute Gasteiger partial charge is 0.462 e. The maximum absolute atomic E-state index is 13.5. The van der Waals surface area contributed by atoms with Crippen molar-refractivity contribution in [1.82, 2.24) is 0 Å². The summed E-state index contributed by atoms with van der Waals surface area (Å²) in [7, 11) is 0. The summed E-state index contributed by atoms with van der Waals surface area (Å²) in [5.74, 6) is -0.748. The van der Waals surface area contributed by atoms with Crippen LogP contribution in [0, 0.1) is 5.82 Å². The Morgan fingerprint density at radius 2 is 1.88 bits per heavy atom. The van der Waals surface area contributed by atoms with E-state index in [2.05, 4.69) is 0 Å². The van der Waals surface area contributed by atoms with Gasteiger partial charge in [0.2, 0.25) is 0 Å². The highest BCUT2D eigenvalue weighted by Crippen LogP contribution is 2.21. The van der Waals surface area contributed by atoms with Gasteiger partial charge in [0.05, 0.1) is 12.2 Å². The van der Waals surface area contributed by atoms with Crippen molar-refractivity contribution >= 4 is 16.7 Å². The van der Waals surface area contributed by atoms with E-state index in [0.29, 0.717) is 22.9 Å². The zero-order chi connectivity index (χ0) is 11.5. The first kappa shape index (κ1) is 10.6. The van der Waals surface area contributed by atoms with Crippen molar-refractivity contribution in [3.8, 4) is 0 Å². The first-order chi connectivity index (χ1) is 7.74. The number of benzene rings is 2. The fourth-order valence-corrected chi connectivity index (χ4v) is 1.66. The first-order valence-electron chi connectivity index (χ1n) is 5.08. The molecule has 0 unspecified atom stereocenters. The fourth-order valence-electron chi connectivity index (χ4n) is 1.66. The molecule has 0 fully saturated rings. The van der Waals surface area contributed by atoms with Crippen LogP contribution in [0.25, 0.3) is 10.8 Å². The summed E-state index contributed by atoms with van der Waals surface area (Å²) in [6, 6.07) is 9.60. The Labute approximate surface area is 92.6 Å². The average molecular weight is 218 g/mol. The summed E-state index contributed by atoms with van der Waals surface area (Å²) in [5, 5.41) is 1.02. The van der Waals surface area contributed by atoms with Gasteiger partial charge in [-0.1, -0.05) is 24.3 Å². The molecule has 0 saturated carbocycles. The minimum Gasteiger partial charge on any atom is -0.462 e. The average Bonchev–Trinajstić information content (AvgIpc) is 2.29. The van der Waals surface area contributed by atoms with Gasteiger partial charge in [0.15, 0.2) is 0 Å². The normalized spacial score (nSPS) is 10.4. The Bertz CT molecular complexity index is 534. The summed E-state index contributed by atoms with van der Waals surface area (Å²) in [5.41, 5.74) is 0.402. The quantitative estimate of drug-likeness (QED) is 0.724. The molecule has 0 bridgehead atoms. The molecule has 2 rings (SSSR count).